The van der Waals surface area contributed by atoms with Crippen LogP contribution in [0, 0.1) is 5.92 Å². The number of aromatic nitrogens is 1. The van der Waals surface area contributed by atoms with Gasteiger partial charge in [0.25, 0.3) is 0 Å². The van der Waals surface area contributed by atoms with Crippen molar-refractivity contribution in [1.82, 2.24) is 15.2 Å². The first-order chi connectivity index (χ1) is 10.2. The van der Waals surface area contributed by atoms with E-state index in [1.54, 1.807) is 11.1 Å². The molecule has 5 heteroatoms. The van der Waals surface area contributed by atoms with Crippen LogP contribution >= 0.6 is 0 Å². The van der Waals surface area contributed by atoms with Gasteiger partial charge >= 0.3 is 6.03 Å². The van der Waals surface area contributed by atoms with Crippen molar-refractivity contribution in [3.63, 3.8) is 0 Å². The molecule has 3 rings (SSSR count). The average Bonchev–Trinajstić information content (AvgIpc) is 3.24. The summed E-state index contributed by atoms with van der Waals surface area (Å²) in [7, 11) is 1.86. The molecular formula is C16H23N3O2. The molecule has 5 nitrogen and oxygen atoms in total. The zero-order chi connectivity index (χ0) is 14.8. The van der Waals surface area contributed by atoms with Crippen molar-refractivity contribution in [2.45, 2.75) is 44.4 Å². The Morgan fingerprint density at radius 3 is 2.95 bits per heavy atom. The summed E-state index contributed by atoms with van der Waals surface area (Å²) >= 11 is 0. The van der Waals surface area contributed by atoms with Crippen LogP contribution in [0.5, 0.6) is 0 Å². The summed E-state index contributed by atoms with van der Waals surface area (Å²) in [6.45, 7) is 2.77. The van der Waals surface area contributed by atoms with Gasteiger partial charge in [-0.05, 0) is 38.2 Å². The van der Waals surface area contributed by atoms with Gasteiger partial charge in [0.2, 0.25) is 0 Å². The van der Waals surface area contributed by atoms with Crippen molar-refractivity contribution >= 4 is 6.03 Å². The van der Waals surface area contributed by atoms with Gasteiger partial charge in [0.15, 0.2) is 0 Å². The van der Waals surface area contributed by atoms with Crippen LogP contribution in [0.1, 0.15) is 37.9 Å². The van der Waals surface area contributed by atoms with Crippen molar-refractivity contribution in [3.05, 3.63) is 30.1 Å². The molecule has 3 atom stereocenters. The lowest BCUT2D eigenvalue weighted by molar-refractivity contribution is 0.0763. The molecule has 1 saturated carbocycles. The normalized spacial score (nSPS) is 26.4. The van der Waals surface area contributed by atoms with E-state index < -0.39 is 0 Å². The van der Waals surface area contributed by atoms with Crippen LogP contribution in [0.15, 0.2) is 24.5 Å². The third-order valence-electron chi connectivity index (χ3n) is 4.57. The Kier molecular flexibility index (Phi) is 4.10. The molecule has 1 aromatic heterocycles. The van der Waals surface area contributed by atoms with E-state index in [4.69, 9.17) is 4.74 Å². The molecule has 2 heterocycles. The lowest BCUT2D eigenvalue weighted by Crippen LogP contribution is -2.48. The lowest BCUT2D eigenvalue weighted by atomic mass is 10.0. The first-order valence-corrected chi connectivity index (χ1v) is 7.71. The SMILES string of the molecule is C[C@@H](NC(=O)N(C)[C@H]1CCO[C@@H]1c1cccnc1)C1CC1. The Bertz CT molecular complexity index is 490. The predicted molar refractivity (Wildman–Crippen MR) is 79.8 cm³/mol. The number of nitrogens with one attached hydrogen (secondary N) is 1. The maximum absolute atomic E-state index is 12.4. The standard InChI is InChI=1S/C16H23N3O2/c1-11(12-5-6-12)18-16(20)19(2)14-7-9-21-15(14)13-4-3-8-17-10-13/h3-4,8,10-12,14-15H,5-7,9H2,1-2H3,(H,18,20)/t11-,14+,15-/m1/s1. The number of carbonyl (C=O) groups excluding carboxylic acids is 1. The number of rotatable bonds is 4. The molecule has 0 aromatic carbocycles. The fraction of sp³-hybridized carbons (Fsp3) is 0.625. The maximum Gasteiger partial charge on any atom is 0.317 e. The van der Waals surface area contributed by atoms with Gasteiger partial charge in [0, 0.05) is 37.7 Å². The molecule has 1 aliphatic carbocycles. The van der Waals surface area contributed by atoms with Crippen LogP contribution in [0.3, 0.4) is 0 Å². The fourth-order valence-corrected chi connectivity index (χ4v) is 3.00. The van der Waals surface area contributed by atoms with E-state index in [9.17, 15) is 4.79 Å². The van der Waals surface area contributed by atoms with Gasteiger partial charge in [0.05, 0.1) is 6.04 Å². The Morgan fingerprint density at radius 1 is 1.48 bits per heavy atom. The molecule has 0 unspecified atom stereocenters. The zero-order valence-corrected chi connectivity index (χ0v) is 12.7. The number of likely N-dealkylation sites (N-methyl/N-ethyl adjacent to an activating group) is 1. The van der Waals surface area contributed by atoms with E-state index in [1.165, 1.54) is 12.8 Å². The molecule has 1 saturated heterocycles. The number of hydrogen-bond acceptors (Lipinski definition) is 3. The maximum atomic E-state index is 12.4. The number of ether oxygens (including phenoxy) is 1. The Hall–Kier alpha value is -1.62. The van der Waals surface area contributed by atoms with E-state index in [-0.39, 0.29) is 24.2 Å². The van der Waals surface area contributed by atoms with Crippen molar-refractivity contribution < 1.29 is 9.53 Å². The van der Waals surface area contributed by atoms with E-state index in [0.717, 1.165) is 12.0 Å². The first-order valence-electron chi connectivity index (χ1n) is 7.71. The fourth-order valence-electron chi connectivity index (χ4n) is 3.00. The minimum Gasteiger partial charge on any atom is -0.371 e. The van der Waals surface area contributed by atoms with Gasteiger partial charge in [-0.25, -0.2) is 4.79 Å². The highest BCUT2D eigenvalue weighted by atomic mass is 16.5. The molecule has 2 fully saturated rings. The Labute approximate surface area is 125 Å². The van der Waals surface area contributed by atoms with Crippen LogP contribution in [0.2, 0.25) is 0 Å². The molecule has 1 aromatic rings. The largest absolute Gasteiger partial charge is 0.371 e. The van der Waals surface area contributed by atoms with Gasteiger partial charge in [-0.3, -0.25) is 4.98 Å². The van der Waals surface area contributed by atoms with Gasteiger partial charge in [-0.2, -0.15) is 0 Å². The monoisotopic (exact) mass is 289 g/mol. The summed E-state index contributed by atoms with van der Waals surface area (Å²) in [5.41, 5.74) is 1.04. The van der Waals surface area contributed by atoms with Gasteiger partial charge in [0.1, 0.15) is 6.10 Å². The van der Waals surface area contributed by atoms with Crippen LogP contribution in [-0.4, -0.2) is 41.7 Å². The van der Waals surface area contributed by atoms with Crippen molar-refractivity contribution in [2.75, 3.05) is 13.7 Å². The quantitative estimate of drug-likeness (QED) is 0.925. The zero-order valence-electron chi connectivity index (χ0n) is 12.7. The third-order valence-corrected chi connectivity index (χ3v) is 4.57. The number of pyridine rings is 1. The molecule has 0 spiro atoms. The number of amides is 2. The van der Waals surface area contributed by atoms with Crippen molar-refractivity contribution in [1.29, 1.82) is 0 Å². The number of hydrogen-bond donors (Lipinski definition) is 1. The Balaban J connectivity index is 1.65. The van der Waals surface area contributed by atoms with Gasteiger partial charge < -0.3 is 15.0 Å². The second-order valence-electron chi connectivity index (χ2n) is 6.12. The first kappa shape index (κ1) is 14.3. The lowest BCUT2D eigenvalue weighted by Gasteiger charge is -2.30. The highest BCUT2D eigenvalue weighted by molar-refractivity contribution is 5.74. The van der Waals surface area contributed by atoms with Crippen LogP contribution in [-0.2, 0) is 4.74 Å². The van der Waals surface area contributed by atoms with Crippen LogP contribution in [0.25, 0.3) is 0 Å². The molecule has 114 valence electrons. The number of carbonyl (C=O) groups is 1. The minimum absolute atomic E-state index is 0.00112. The topological polar surface area (TPSA) is 54.5 Å². The number of nitrogens with zero attached hydrogens (tertiary/aromatic N) is 2. The summed E-state index contributed by atoms with van der Waals surface area (Å²) < 4.78 is 5.83. The van der Waals surface area contributed by atoms with E-state index in [2.05, 4.69) is 17.2 Å². The molecule has 1 N–H and O–H groups in total. The van der Waals surface area contributed by atoms with E-state index >= 15 is 0 Å². The van der Waals surface area contributed by atoms with E-state index in [1.807, 2.05) is 25.4 Å². The highest BCUT2D eigenvalue weighted by Gasteiger charge is 2.36. The molecule has 1 aliphatic heterocycles. The second-order valence-corrected chi connectivity index (χ2v) is 6.12. The van der Waals surface area contributed by atoms with Gasteiger partial charge in [-0.1, -0.05) is 6.07 Å². The smallest absolute Gasteiger partial charge is 0.317 e. The second kappa shape index (κ2) is 6.02. The summed E-state index contributed by atoms with van der Waals surface area (Å²) in [5.74, 6) is 0.663. The average molecular weight is 289 g/mol. The molecule has 0 bridgehead atoms. The summed E-state index contributed by atoms with van der Waals surface area (Å²) in [5, 5.41) is 3.11. The summed E-state index contributed by atoms with van der Waals surface area (Å²) in [6.07, 6.45) is 6.82. The van der Waals surface area contributed by atoms with Crippen molar-refractivity contribution in [3.8, 4) is 0 Å². The summed E-state index contributed by atoms with van der Waals surface area (Å²) in [6, 6.07) is 4.25. The molecule has 0 radical (unpaired) electrons. The number of urea groups is 1. The van der Waals surface area contributed by atoms with E-state index in [0.29, 0.717) is 12.5 Å². The molecular weight excluding hydrogens is 266 g/mol. The summed E-state index contributed by atoms with van der Waals surface area (Å²) in [4.78, 5) is 18.3. The van der Waals surface area contributed by atoms with Gasteiger partial charge in [-0.15, -0.1) is 0 Å². The third kappa shape index (κ3) is 3.18. The predicted octanol–water partition coefficient (Wildman–Crippen LogP) is 2.35. The molecule has 21 heavy (non-hydrogen) atoms. The Morgan fingerprint density at radius 2 is 2.29 bits per heavy atom. The molecule has 2 aliphatic rings. The minimum atomic E-state index is -0.0781. The van der Waals surface area contributed by atoms with Crippen molar-refractivity contribution in [2.24, 2.45) is 5.92 Å². The van der Waals surface area contributed by atoms with Crippen LogP contribution < -0.4 is 5.32 Å². The molecule has 2 amide bonds. The highest BCUT2D eigenvalue weighted by Crippen LogP contribution is 2.34. The van der Waals surface area contributed by atoms with Crippen LogP contribution in [0.4, 0.5) is 4.79 Å².